The number of aromatic nitrogens is 2. The molecule has 2 heterocycles. The summed E-state index contributed by atoms with van der Waals surface area (Å²) in [6, 6.07) is 17.9. The van der Waals surface area contributed by atoms with Gasteiger partial charge in [-0.2, -0.15) is 0 Å². The molecule has 0 aliphatic carbocycles. The van der Waals surface area contributed by atoms with Crippen molar-refractivity contribution in [3.05, 3.63) is 103 Å². The van der Waals surface area contributed by atoms with E-state index >= 15 is 4.39 Å². The van der Waals surface area contributed by atoms with Gasteiger partial charge >= 0.3 is 0 Å². The molecule has 0 saturated heterocycles. The van der Waals surface area contributed by atoms with Crippen molar-refractivity contribution in [1.29, 1.82) is 0 Å². The zero-order chi connectivity index (χ0) is 29.6. The number of allylic oxidation sites excluding steroid dienone is 2. The van der Waals surface area contributed by atoms with E-state index in [0.29, 0.717) is 41.7 Å². The van der Waals surface area contributed by atoms with Gasteiger partial charge in [0, 0.05) is 42.0 Å². The minimum absolute atomic E-state index is 0.0491. The number of fused-ring (bicyclic) bond motifs is 1. The molecular formula is C32H27FN4O5. The Balaban J connectivity index is 1.40. The average molecular weight is 567 g/mol. The van der Waals surface area contributed by atoms with E-state index in [9.17, 15) is 14.4 Å². The number of halogens is 1. The number of nitrogens with zero attached hydrogens (tertiary/aromatic N) is 3. The van der Waals surface area contributed by atoms with Crippen LogP contribution < -0.4 is 19.7 Å². The highest BCUT2D eigenvalue weighted by Gasteiger charge is 2.27. The van der Waals surface area contributed by atoms with E-state index in [4.69, 9.17) is 9.47 Å². The first-order chi connectivity index (χ1) is 20.3. The summed E-state index contributed by atoms with van der Waals surface area (Å²) >= 11 is 0. The quantitative estimate of drug-likeness (QED) is 0.233. The molecule has 2 amide bonds. The predicted octanol–water partition coefficient (Wildman–Crippen LogP) is 5.78. The molecule has 0 unspecified atom stereocenters. The Bertz CT molecular complexity index is 1720. The average Bonchev–Trinajstić information content (AvgIpc) is 3.00. The van der Waals surface area contributed by atoms with Crippen LogP contribution in [-0.4, -0.2) is 41.2 Å². The second-order valence-electron chi connectivity index (χ2n) is 9.52. The van der Waals surface area contributed by atoms with Gasteiger partial charge in [-0.05, 0) is 55.3 Å². The number of hydrogen-bond donors (Lipinski definition) is 1. The van der Waals surface area contributed by atoms with Gasteiger partial charge in [0.25, 0.3) is 11.8 Å². The van der Waals surface area contributed by atoms with Crippen LogP contribution in [0.15, 0.2) is 96.9 Å². The molecule has 0 spiro atoms. The van der Waals surface area contributed by atoms with E-state index in [1.54, 1.807) is 42.5 Å². The standard InChI is InChI=1S/C32H27FN4O5/c1-20-16-25(32(40)37(15-7-6-10-28(20)38)22-8-4-3-5-9-22)30(39)36-21-11-14-29(26(33)17-21)42-31-24-13-12-23(41-2)18-27(24)34-19-35-31/h3-5,8-9,11-14,16-19H,1,6-7,10,15H2,2H3,(H,36,39)/b25-16-. The molecule has 1 aromatic heterocycles. The SMILES string of the molecule is C=C1/C=C(/C(=O)Nc2ccc(Oc3ncnc4cc(OC)ccc34)c(F)c2)C(=O)N(c2ccccc2)CCCCC1=O. The highest BCUT2D eigenvalue weighted by molar-refractivity contribution is 6.27. The summed E-state index contributed by atoms with van der Waals surface area (Å²) in [5, 5.41) is 3.12. The maximum Gasteiger partial charge on any atom is 0.263 e. The van der Waals surface area contributed by atoms with E-state index in [2.05, 4.69) is 21.9 Å². The van der Waals surface area contributed by atoms with Gasteiger partial charge in [0.2, 0.25) is 5.88 Å². The first kappa shape index (κ1) is 28.2. The Morgan fingerprint density at radius 3 is 2.60 bits per heavy atom. The summed E-state index contributed by atoms with van der Waals surface area (Å²) in [6.07, 6.45) is 3.89. The third-order valence-corrected chi connectivity index (χ3v) is 6.70. The molecule has 9 nitrogen and oxygen atoms in total. The predicted molar refractivity (Wildman–Crippen MR) is 156 cm³/mol. The second kappa shape index (κ2) is 12.4. The number of para-hydroxylation sites is 1. The van der Waals surface area contributed by atoms with Crippen molar-refractivity contribution in [2.24, 2.45) is 0 Å². The second-order valence-corrected chi connectivity index (χ2v) is 9.52. The molecule has 0 bridgehead atoms. The van der Waals surface area contributed by atoms with Gasteiger partial charge in [-0.3, -0.25) is 14.4 Å². The van der Waals surface area contributed by atoms with Crippen molar-refractivity contribution < 1.29 is 28.2 Å². The normalized spacial score (nSPS) is 15.6. The van der Waals surface area contributed by atoms with E-state index in [1.165, 1.54) is 36.5 Å². The minimum Gasteiger partial charge on any atom is -0.497 e. The monoisotopic (exact) mass is 566 g/mol. The fraction of sp³-hybridized carbons (Fsp3) is 0.156. The summed E-state index contributed by atoms with van der Waals surface area (Å²) < 4.78 is 26.1. The number of methoxy groups -OCH3 is 1. The van der Waals surface area contributed by atoms with E-state index in [1.807, 2.05) is 6.07 Å². The van der Waals surface area contributed by atoms with Gasteiger partial charge < -0.3 is 19.7 Å². The van der Waals surface area contributed by atoms with Gasteiger partial charge in [-0.1, -0.05) is 24.8 Å². The molecule has 0 fully saturated rings. The lowest BCUT2D eigenvalue weighted by Crippen LogP contribution is -2.37. The molecule has 0 saturated carbocycles. The number of rotatable bonds is 6. The summed E-state index contributed by atoms with van der Waals surface area (Å²) in [6.45, 7) is 4.09. The van der Waals surface area contributed by atoms with Crippen LogP contribution in [0.2, 0.25) is 0 Å². The van der Waals surface area contributed by atoms with Crippen LogP contribution in [0.5, 0.6) is 17.4 Å². The van der Waals surface area contributed by atoms with Crippen LogP contribution in [0.4, 0.5) is 15.8 Å². The molecule has 1 aliphatic rings. The molecule has 0 atom stereocenters. The molecule has 1 N–H and O–H groups in total. The van der Waals surface area contributed by atoms with Crippen molar-refractivity contribution in [1.82, 2.24) is 9.97 Å². The van der Waals surface area contributed by atoms with Gasteiger partial charge in [-0.15, -0.1) is 0 Å². The third-order valence-electron chi connectivity index (χ3n) is 6.70. The molecule has 42 heavy (non-hydrogen) atoms. The molecule has 3 aromatic carbocycles. The number of Topliss-reactive ketones (excluding diaryl/α,β-unsaturated/α-hetero) is 1. The first-order valence-corrected chi connectivity index (χ1v) is 13.2. The summed E-state index contributed by atoms with van der Waals surface area (Å²) in [7, 11) is 1.54. The number of amides is 2. The number of ether oxygens (including phenoxy) is 2. The Labute approximate surface area is 241 Å². The van der Waals surface area contributed by atoms with Crippen LogP contribution in [0.1, 0.15) is 19.3 Å². The summed E-state index contributed by atoms with van der Waals surface area (Å²) in [5.74, 6) is -1.81. The maximum absolute atomic E-state index is 15.1. The van der Waals surface area contributed by atoms with E-state index in [-0.39, 0.29) is 40.7 Å². The topological polar surface area (TPSA) is 111 Å². The van der Waals surface area contributed by atoms with E-state index < -0.39 is 17.6 Å². The van der Waals surface area contributed by atoms with Crippen LogP contribution in [0, 0.1) is 5.82 Å². The van der Waals surface area contributed by atoms with Crippen molar-refractivity contribution in [2.75, 3.05) is 23.9 Å². The number of carbonyl (C=O) groups excluding carboxylic acids is 3. The number of hydrogen-bond acceptors (Lipinski definition) is 7. The van der Waals surface area contributed by atoms with Gasteiger partial charge in [0.15, 0.2) is 17.3 Å². The Morgan fingerprint density at radius 2 is 1.83 bits per heavy atom. The molecule has 1 aliphatic heterocycles. The highest BCUT2D eigenvalue weighted by atomic mass is 19.1. The van der Waals surface area contributed by atoms with Gasteiger partial charge in [0.1, 0.15) is 17.6 Å². The van der Waals surface area contributed by atoms with Crippen molar-refractivity contribution in [3.63, 3.8) is 0 Å². The van der Waals surface area contributed by atoms with Crippen LogP contribution in [-0.2, 0) is 14.4 Å². The summed E-state index contributed by atoms with van der Waals surface area (Å²) in [5.41, 5.74) is 1.01. The number of nitrogens with one attached hydrogen (secondary N) is 1. The number of benzene rings is 3. The molecule has 10 heteroatoms. The van der Waals surface area contributed by atoms with Crippen molar-refractivity contribution >= 4 is 39.9 Å². The van der Waals surface area contributed by atoms with Crippen molar-refractivity contribution in [2.45, 2.75) is 19.3 Å². The molecule has 4 aromatic rings. The molecule has 212 valence electrons. The van der Waals surface area contributed by atoms with E-state index in [0.717, 1.165) is 6.07 Å². The number of anilines is 2. The molecule has 0 radical (unpaired) electrons. The minimum atomic E-state index is -0.806. The Morgan fingerprint density at radius 1 is 1.02 bits per heavy atom. The zero-order valence-corrected chi connectivity index (χ0v) is 22.8. The van der Waals surface area contributed by atoms with Crippen LogP contribution >= 0.6 is 0 Å². The fourth-order valence-corrected chi connectivity index (χ4v) is 4.48. The molecule has 5 rings (SSSR count). The molecular weight excluding hydrogens is 539 g/mol. The largest absolute Gasteiger partial charge is 0.497 e. The smallest absolute Gasteiger partial charge is 0.263 e. The highest BCUT2D eigenvalue weighted by Crippen LogP contribution is 2.31. The number of ketones is 1. The van der Waals surface area contributed by atoms with Crippen molar-refractivity contribution in [3.8, 4) is 17.4 Å². The van der Waals surface area contributed by atoms with Gasteiger partial charge in [-0.25, -0.2) is 14.4 Å². The first-order valence-electron chi connectivity index (χ1n) is 13.2. The Hall–Kier alpha value is -5.38. The summed E-state index contributed by atoms with van der Waals surface area (Å²) in [4.78, 5) is 49.3. The lowest BCUT2D eigenvalue weighted by atomic mass is 10.0. The number of carbonyl (C=O) groups is 3. The van der Waals surface area contributed by atoms with Gasteiger partial charge in [0.05, 0.1) is 18.0 Å². The zero-order valence-electron chi connectivity index (χ0n) is 22.8. The third kappa shape index (κ3) is 6.17. The maximum atomic E-state index is 15.1. The fourth-order valence-electron chi connectivity index (χ4n) is 4.48. The van der Waals surface area contributed by atoms with Crippen LogP contribution in [0.25, 0.3) is 10.9 Å². The lowest BCUT2D eigenvalue weighted by Gasteiger charge is -2.25. The lowest BCUT2D eigenvalue weighted by molar-refractivity contribution is -0.119. The van der Waals surface area contributed by atoms with Crippen LogP contribution in [0.3, 0.4) is 0 Å². The Kier molecular flexibility index (Phi) is 8.33.